The number of rotatable bonds is 5. The number of carbonyl (C=O) groups is 1. The second-order valence-corrected chi connectivity index (χ2v) is 6.60. The lowest BCUT2D eigenvalue weighted by molar-refractivity contribution is 0.102. The molecule has 0 aliphatic carbocycles. The summed E-state index contributed by atoms with van der Waals surface area (Å²) in [6.45, 7) is 4.93. The number of hydrogen-bond acceptors (Lipinski definition) is 3. The monoisotopic (exact) mass is 305 g/mol. The number of anilines is 1. The predicted octanol–water partition coefficient (Wildman–Crippen LogP) is 2.53. The van der Waals surface area contributed by atoms with Crippen LogP contribution in [0.5, 0.6) is 0 Å². The van der Waals surface area contributed by atoms with Crippen LogP contribution in [0.15, 0.2) is 41.4 Å². The Morgan fingerprint density at radius 3 is 2.52 bits per heavy atom. The van der Waals surface area contributed by atoms with Crippen LogP contribution in [0.3, 0.4) is 0 Å². The zero-order valence-electron chi connectivity index (χ0n) is 12.4. The molecule has 112 valence electrons. The molecule has 1 aromatic carbocycles. The molecule has 1 amide bonds. The molecule has 0 saturated heterocycles. The fourth-order valence-electron chi connectivity index (χ4n) is 1.92. The van der Waals surface area contributed by atoms with Crippen molar-refractivity contribution in [2.45, 2.75) is 25.3 Å². The van der Waals surface area contributed by atoms with Crippen molar-refractivity contribution in [3.05, 3.63) is 42.1 Å². The van der Waals surface area contributed by atoms with E-state index in [-0.39, 0.29) is 5.91 Å². The third kappa shape index (κ3) is 4.01. The van der Waals surface area contributed by atoms with Gasteiger partial charge in [-0.2, -0.15) is 5.10 Å². The van der Waals surface area contributed by atoms with Gasteiger partial charge >= 0.3 is 0 Å². The molecule has 5 nitrogen and oxygen atoms in total. The van der Waals surface area contributed by atoms with Crippen molar-refractivity contribution in [1.29, 1.82) is 0 Å². The molecule has 1 unspecified atom stereocenters. The van der Waals surface area contributed by atoms with Gasteiger partial charge < -0.3 is 5.32 Å². The number of nitrogens with zero attached hydrogens (tertiary/aromatic N) is 2. The first kappa shape index (κ1) is 15.4. The Morgan fingerprint density at radius 1 is 1.29 bits per heavy atom. The maximum absolute atomic E-state index is 12.2. The lowest BCUT2D eigenvalue weighted by Crippen LogP contribution is -2.17. The van der Waals surface area contributed by atoms with Crippen LogP contribution in [0, 0.1) is 5.92 Å². The second kappa shape index (κ2) is 6.67. The Hall–Kier alpha value is -1.95. The number of nitrogens with one attached hydrogen (secondary N) is 1. The van der Waals surface area contributed by atoms with E-state index in [0.717, 1.165) is 6.54 Å². The Kier molecular flexibility index (Phi) is 4.90. The first-order valence-electron chi connectivity index (χ1n) is 6.74. The van der Waals surface area contributed by atoms with E-state index in [1.165, 1.54) is 0 Å². The summed E-state index contributed by atoms with van der Waals surface area (Å²) in [6, 6.07) is 8.53. The second-order valence-electron chi connectivity index (χ2n) is 5.23. The number of hydrogen-bond donors (Lipinski definition) is 1. The van der Waals surface area contributed by atoms with Crippen molar-refractivity contribution < 1.29 is 9.00 Å². The van der Waals surface area contributed by atoms with E-state index in [4.69, 9.17) is 0 Å². The van der Waals surface area contributed by atoms with E-state index in [0.29, 0.717) is 22.2 Å². The summed E-state index contributed by atoms with van der Waals surface area (Å²) < 4.78 is 13.1. The maximum atomic E-state index is 12.2. The van der Waals surface area contributed by atoms with Crippen molar-refractivity contribution in [3.63, 3.8) is 0 Å². The number of aromatic nitrogens is 2. The van der Waals surface area contributed by atoms with Crippen molar-refractivity contribution in [3.8, 4) is 0 Å². The van der Waals surface area contributed by atoms with Gasteiger partial charge in [0.2, 0.25) is 0 Å². The van der Waals surface area contributed by atoms with Gasteiger partial charge in [0.25, 0.3) is 5.91 Å². The Bertz CT molecular complexity index is 647. The first-order valence-corrected chi connectivity index (χ1v) is 8.30. The minimum atomic E-state index is -1.04. The van der Waals surface area contributed by atoms with Crippen LogP contribution in [-0.4, -0.2) is 26.2 Å². The highest BCUT2D eigenvalue weighted by atomic mass is 32.2. The zero-order chi connectivity index (χ0) is 15.4. The van der Waals surface area contributed by atoms with Gasteiger partial charge in [0.05, 0.1) is 6.20 Å². The zero-order valence-corrected chi connectivity index (χ0v) is 13.2. The highest BCUT2D eigenvalue weighted by Gasteiger charge is 2.10. The molecular weight excluding hydrogens is 286 g/mol. The summed E-state index contributed by atoms with van der Waals surface area (Å²) in [7, 11) is -1.04. The van der Waals surface area contributed by atoms with Crippen LogP contribution in [0.1, 0.15) is 24.2 Å². The quantitative estimate of drug-likeness (QED) is 0.923. The van der Waals surface area contributed by atoms with Crippen LogP contribution in [-0.2, 0) is 17.3 Å². The smallest absolute Gasteiger partial charge is 0.256 e. The van der Waals surface area contributed by atoms with Crippen molar-refractivity contribution in [2.24, 2.45) is 5.92 Å². The van der Waals surface area contributed by atoms with E-state index >= 15 is 0 Å². The molecule has 0 fully saturated rings. The summed E-state index contributed by atoms with van der Waals surface area (Å²) in [6.07, 6.45) is 3.28. The topological polar surface area (TPSA) is 64.0 Å². The minimum Gasteiger partial charge on any atom is -0.307 e. The summed E-state index contributed by atoms with van der Waals surface area (Å²) in [5, 5.41) is 7.05. The normalized spacial score (nSPS) is 12.4. The van der Waals surface area contributed by atoms with Gasteiger partial charge in [0, 0.05) is 40.1 Å². The summed E-state index contributed by atoms with van der Waals surface area (Å²) >= 11 is 0. The van der Waals surface area contributed by atoms with Crippen LogP contribution >= 0.6 is 0 Å². The van der Waals surface area contributed by atoms with Crippen molar-refractivity contribution in [2.75, 3.05) is 11.6 Å². The van der Waals surface area contributed by atoms with E-state index in [1.807, 2.05) is 0 Å². The molecule has 0 spiro atoms. The van der Waals surface area contributed by atoms with E-state index in [9.17, 15) is 9.00 Å². The average molecular weight is 305 g/mol. The number of carbonyl (C=O) groups excluding carboxylic acids is 1. The molecule has 1 atom stereocenters. The standard InChI is InChI=1S/C15H19N3O2S/c1-11(2)10-18-14(8-9-16-18)17-15(19)12-4-6-13(7-5-12)21(3)20/h4-9,11H,10H2,1-3H3,(H,17,19). The van der Waals surface area contributed by atoms with Crippen molar-refractivity contribution in [1.82, 2.24) is 9.78 Å². The molecular formula is C15H19N3O2S. The minimum absolute atomic E-state index is 0.200. The predicted molar refractivity (Wildman–Crippen MR) is 83.8 cm³/mol. The molecule has 1 aromatic heterocycles. The largest absolute Gasteiger partial charge is 0.307 e. The lowest BCUT2D eigenvalue weighted by Gasteiger charge is -2.11. The van der Waals surface area contributed by atoms with Crippen LogP contribution in [0.2, 0.25) is 0 Å². The van der Waals surface area contributed by atoms with Gasteiger partial charge in [-0.1, -0.05) is 13.8 Å². The lowest BCUT2D eigenvalue weighted by atomic mass is 10.2. The average Bonchev–Trinajstić information content (AvgIpc) is 2.85. The van der Waals surface area contributed by atoms with Crippen LogP contribution in [0.25, 0.3) is 0 Å². The molecule has 1 N–H and O–H groups in total. The highest BCUT2D eigenvalue weighted by Crippen LogP contribution is 2.13. The maximum Gasteiger partial charge on any atom is 0.256 e. The molecule has 2 rings (SSSR count). The Labute approximate surface area is 126 Å². The van der Waals surface area contributed by atoms with Gasteiger partial charge in [-0.05, 0) is 30.2 Å². The third-order valence-corrected chi connectivity index (χ3v) is 3.88. The molecule has 1 heterocycles. The van der Waals surface area contributed by atoms with Gasteiger partial charge in [-0.25, -0.2) is 4.68 Å². The molecule has 0 bridgehead atoms. The van der Waals surface area contributed by atoms with E-state index in [1.54, 1.807) is 47.5 Å². The van der Waals surface area contributed by atoms with Gasteiger partial charge in [-0.15, -0.1) is 0 Å². The molecule has 21 heavy (non-hydrogen) atoms. The fraction of sp³-hybridized carbons (Fsp3) is 0.333. The molecule has 0 radical (unpaired) electrons. The van der Waals surface area contributed by atoms with Crippen LogP contribution < -0.4 is 5.32 Å². The Balaban J connectivity index is 2.11. The first-order chi connectivity index (χ1) is 9.97. The molecule has 6 heteroatoms. The van der Waals surface area contributed by atoms with Crippen LogP contribution in [0.4, 0.5) is 5.82 Å². The summed E-state index contributed by atoms with van der Waals surface area (Å²) in [5.41, 5.74) is 0.529. The molecule has 0 saturated carbocycles. The van der Waals surface area contributed by atoms with E-state index < -0.39 is 10.8 Å². The third-order valence-electron chi connectivity index (χ3n) is 2.94. The fourth-order valence-corrected chi connectivity index (χ4v) is 2.44. The molecule has 0 aliphatic heterocycles. The van der Waals surface area contributed by atoms with E-state index in [2.05, 4.69) is 24.3 Å². The Morgan fingerprint density at radius 2 is 1.95 bits per heavy atom. The summed E-state index contributed by atoms with van der Waals surface area (Å²) in [5.74, 6) is 0.921. The van der Waals surface area contributed by atoms with Gasteiger partial charge in [-0.3, -0.25) is 9.00 Å². The van der Waals surface area contributed by atoms with Crippen molar-refractivity contribution >= 4 is 22.5 Å². The highest BCUT2D eigenvalue weighted by molar-refractivity contribution is 7.84. The SMILES string of the molecule is CC(C)Cn1nccc1NC(=O)c1ccc(S(C)=O)cc1. The van der Waals surface area contributed by atoms with Gasteiger partial charge in [0.1, 0.15) is 5.82 Å². The summed E-state index contributed by atoms with van der Waals surface area (Å²) in [4.78, 5) is 12.9. The molecule has 2 aromatic rings. The molecule has 0 aliphatic rings. The number of benzene rings is 1. The number of amides is 1. The van der Waals surface area contributed by atoms with Gasteiger partial charge in [0.15, 0.2) is 0 Å².